The number of fused-ring (bicyclic) bond motifs is 1. The smallest absolute Gasteiger partial charge is 0.0734 e. The molecule has 1 nitrogen and oxygen atoms in total. The van der Waals surface area contributed by atoms with Gasteiger partial charge in [0.25, 0.3) is 0 Å². The van der Waals surface area contributed by atoms with Crippen molar-refractivity contribution in [2.45, 2.75) is 64.8 Å². The highest BCUT2D eigenvalue weighted by molar-refractivity contribution is 5.11. The third kappa shape index (κ3) is 2.07. The fraction of sp³-hybridized carbons (Fsp3) is 0.812. The summed E-state index contributed by atoms with van der Waals surface area (Å²) in [5.41, 5.74) is 2.26. The summed E-state index contributed by atoms with van der Waals surface area (Å²) in [4.78, 5) is 0. The summed E-state index contributed by atoms with van der Waals surface area (Å²) >= 11 is 0. The first-order valence-corrected chi connectivity index (χ1v) is 7.22. The molecule has 2 fully saturated rings. The van der Waals surface area contributed by atoms with Crippen LogP contribution in [-0.4, -0.2) is 5.54 Å². The molecular weight excluding hydrogens is 206 g/mol. The molecule has 2 rings (SSSR count). The van der Waals surface area contributed by atoms with Gasteiger partial charge in [0.05, 0.1) is 5.54 Å². The van der Waals surface area contributed by atoms with Crippen molar-refractivity contribution in [1.29, 1.82) is 0 Å². The number of quaternary nitrogens is 1. The van der Waals surface area contributed by atoms with Crippen LogP contribution < -0.4 is 5.32 Å². The van der Waals surface area contributed by atoms with Crippen molar-refractivity contribution in [1.82, 2.24) is 0 Å². The van der Waals surface area contributed by atoms with Gasteiger partial charge in [0.1, 0.15) is 0 Å². The van der Waals surface area contributed by atoms with Gasteiger partial charge in [-0.3, -0.25) is 0 Å². The van der Waals surface area contributed by atoms with Crippen molar-refractivity contribution in [3.05, 3.63) is 19.2 Å². The second-order valence-electron chi connectivity index (χ2n) is 7.04. The van der Waals surface area contributed by atoms with Crippen molar-refractivity contribution in [3.63, 3.8) is 0 Å². The van der Waals surface area contributed by atoms with E-state index in [1.54, 1.807) is 0 Å². The van der Waals surface area contributed by atoms with Gasteiger partial charge >= 0.3 is 0 Å². The molecule has 0 aromatic carbocycles. The van der Waals surface area contributed by atoms with E-state index in [9.17, 15) is 0 Å². The summed E-state index contributed by atoms with van der Waals surface area (Å²) in [5, 5.41) is 2.25. The van der Waals surface area contributed by atoms with Gasteiger partial charge in [-0.15, -0.1) is 0 Å². The van der Waals surface area contributed by atoms with Crippen LogP contribution in [0.5, 0.6) is 0 Å². The van der Waals surface area contributed by atoms with Crippen LogP contribution in [0.15, 0.2) is 12.2 Å². The Labute approximate surface area is 107 Å². The van der Waals surface area contributed by atoms with Crippen LogP contribution in [0.1, 0.15) is 59.3 Å². The molecule has 2 saturated carbocycles. The number of nitrogens with two attached hydrogens (primary N) is 1. The predicted molar refractivity (Wildman–Crippen MR) is 73.3 cm³/mol. The molecule has 0 amide bonds. The molecule has 0 aromatic heterocycles. The monoisotopic (exact) mass is 235 g/mol. The zero-order valence-corrected chi connectivity index (χ0v) is 11.9. The van der Waals surface area contributed by atoms with Crippen LogP contribution in [0.25, 0.3) is 0 Å². The molecule has 0 saturated heterocycles. The Morgan fingerprint density at radius 3 is 2.47 bits per heavy atom. The maximum Gasteiger partial charge on any atom is 0.0734 e. The molecule has 0 spiro atoms. The molecule has 2 aliphatic carbocycles. The first-order valence-electron chi connectivity index (χ1n) is 7.22. The van der Waals surface area contributed by atoms with E-state index >= 15 is 0 Å². The second-order valence-corrected chi connectivity index (χ2v) is 7.04. The van der Waals surface area contributed by atoms with Crippen LogP contribution in [0.4, 0.5) is 0 Å². The largest absolute Gasteiger partial charge is 0.474 e. The van der Waals surface area contributed by atoms with E-state index in [-0.39, 0.29) is 0 Å². The molecular formula is C16H29N. The zero-order chi connectivity index (χ0) is 12.7. The molecule has 0 bridgehead atoms. The highest BCUT2D eigenvalue weighted by Gasteiger charge is 2.54. The lowest BCUT2D eigenvalue weighted by Gasteiger charge is -2.57. The van der Waals surface area contributed by atoms with Crippen LogP contribution in [0, 0.1) is 24.3 Å². The van der Waals surface area contributed by atoms with Gasteiger partial charge in [0.2, 0.25) is 0 Å². The van der Waals surface area contributed by atoms with Gasteiger partial charge in [0, 0.05) is 12.3 Å². The Morgan fingerprint density at radius 1 is 1.24 bits per heavy atom. The van der Waals surface area contributed by atoms with E-state index in [1.807, 2.05) is 0 Å². The number of hydrogen-bond donors (Lipinski definition) is 1. The molecule has 2 N–H and O–H groups in total. The van der Waals surface area contributed by atoms with E-state index in [4.69, 9.17) is 0 Å². The highest BCUT2D eigenvalue weighted by Crippen LogP contribution is 2.56. The Hall–Kier alpha value is -0.300. The van der Waals surface area contributed by atoms with Gasteiger partial charge in [0.15, 0.2) is 0 Å². The van der Waals surface area contributed by atoms with Crippen LogP contribution in [0.2, 0.25) is 0 Å². The predicted octanol–water partition coefficient (Wildman–Crippen LogP) is 3.28. The lowest BCUT2D eigenvalue weighted by molar-refractivity contribution is -0.690. The van der Waals surface area contributed by atoms with Crippen LogP contribution >= 0.6 is 0 Å². The third-order valence-electron chi connectivity index (χ3n) is 5.69. The Bertz CT molecular complexity index is 293. The molecule has 0 unspecified atom stereocenters. The average Bonchev–Trinajstić information content (AvgIpc) is 2.27. The minimum Gasteiger partial charge on any atom is -0.474 e. The Kier molecular flexibility index (Phi) is 3.42. The van der Waals surface area contributed by atoms with E-state index in [0.717, 1.165) is 11.8 Å². The molecule has 1 heteroatoms. The lowest BCUT2D eigenvalue weighted by Crippen LogP contribution is -2.94. The van der Waals surface area contributed by atoms with Gasteiger partial charge in [-0.05, 0) is 50.9 Å². The van der Waals surface area contributed by atoms with E-state index in [0.29, 0.717) is 11.0 Å². The maximum atomic E-state index is 4.27. The molecule has 17 heavy (non-hydrogen) atoms. The maximum absolute atomic E-state index is 4.27. The van der Waals surface area contributed by atoms with E-state index in [2.05, 4.69) is 39.7 Å². The first-order chi connectivity index (χ1) is 7.93. The molecule has 0 aromatic rings. The summed E-state index contributed by atoms with van der Waals surface area (Å²) in [6.07, 6.45) is 8.24. The van der Waals surface area contributed by atoms with Crippen molar-refractivity contribution < 1.29 is 5.32 Å². The normalized spacial score (nSPS) is 46.4. The van der Waals surface area contributed by atoms with E-state index in [1.165, 1.54) is 44.1 Å². The van der Waals surface area contributed by atoms with Crippen molar-refractivity contribution in [2.75, 3.05) is 0 Å². The summed E-state index contributed by atoms with van der Waals surface area (Å²) in [6.45, 7) is 11.5. The molecule has 0 radical (unpaired) electrons. The number of rotatable bonds is 2. The molecule has 0 aliphatic heterocycles. The first kappa shape index (κ1) is 13.1. The van der Waals surface area contributed by atoms with E-state index < -0.39 is 0 Å². The topological polar surface area (TPSA) is 16.6 Å². The summed E-state index contributed by atoms with van der Waals surface area (Å²) in [5.74, 6) is 1.49. The van der Waals surface area contributed by atoms with Gasteiger partial charge in [-0.2, -0.15) is 7.05 Å². The second kappa shape index (κ2) is 4.42. The fourth-order valence-electron chi connectivity index (χ4n) is 4.86. The van der Waals surface area contributed by atoms with Crippen molar-refractivity contribution in [3.8, 4) is 0 Å². The molecule has 98 valence electrons. The quantitative estimate of drug-likeness (QED) is 0.559. The Morgan fingerprint density at radius 2 is 1.88 bits per heavy atom. The van der Waals surface area contributed by atoms with Crippen LogP contribution in [0.3, 0.4) is 0 Å². The highest BCUT2D eigenvalue weighted by atomic mass is 15.0. The summed E-state index contributed by atoms with van der Waals surface area (Å²) in [7, 11) is 4.14. The zero-order valence-electron chi connectivity index (χ0n) is 11.9. The minimum absolute atomic E-state index is 0.330. The average molecular weight is 235 g/mol. The molecule has 0 heterocycles. The summed E-state index contributed by atoms with van der Waals surface area (Å²) < 4.78 is 0. The molecule has 2 aliphatic rings. The van der Waals surface area contributed by atoms with Crippen molar-refractivity contribution in [2.24, 2.45) is 17.3 Å². The van der Waals surface area contributed by atoms with Crippen LogP contribution in [-0.2, 0) is 0 Å². The summed E-state index contributed by atoms with van der Waals surface area (Å²) in [6, 6.07) is 0. The SMILES string of the molecule is C=C(C)[C@H]1CCC[C@@]2(C)CCC[C@@](C)([NH2+][CH2-])[C@H]12. The third-order valence-corrected chi connectivity index (χ3v) is 5.69. The standard InChI is InChI=1S/C16H29N/c1-12(2)13-8-6-9-15(3)10-7-11-16(4,17-5)14(13)15/h13-14H,1,5-11,17H2,2-4H3/t13-,14-,15+,16-/m1/s1. The fourth-order valence-corrected chi connectivity index (χ4v) is 4.86. The minimum atomic E-state index is 0.330. The van der Waals surface area contributed by atoms with Gasteiger partial charge < -0.3 is 5.32 Å². The van der Waals surface area contributed by atoms with Gasteiger partial charge in [-0.25, -0.2) is 0 Å². The number of allylic oxidation sites excluding steroid dienone is 1. The van der Waals surface area contributed by atoms with Gasteiger partial charge in [-0.1, -0.05) is 25.5 Å². The number of hydrogen-bond acceptors (Lipinski definition) is 0. The lowest BCUT2D eigenvalue weighted by atomic mass is 9.50. The Balaban J connectivity index is 2.37. The molecule has 4 atom stereocenters. The van der Waals surface area contributed by atoms with Crippen molar-refractivity contribution >= 4 is 0 Å².